The Morgan fingerprint density at radius 2 is 1.55 bits per heavy atom. The minimum Gasteiger partial charge on any atom is -0.493 e. The molecule has 118 valence electrons. The first-order chi connectivity index (χ1) is 10.6. The second-order valence-electron chi connectivity index (χ2n) is 5.70. The molecular weight excluding hydrogens is 274 g/mol. The van der Waals surface area contributed by atoms with E-state index in [9.17, 15) is 0 Å². The lowest BCUT2D eigenvalue weighted by molar-refractivity contribution is 0.223. The first kappa shape index (κ1) is 16.2. The molecule has 2 aromatic carbocycles. The molecule has 0 heterocycles. The van der Waals surface area contributed by atoms with Gasteiger partial charge in [0.15, 0.2) is 11.5 Å². The summed E-state index contributed by atoms with van der Waals surface area (Å²) in [5.74, 6) is 2.03. The first-order valence-electron chi connectivity index (χ1n) is 7.74. The van der Waals surface area contributed by atoms with Gasteiger partial charge in [0.25, 0.3) is 0 Å². The van der Waals surface area contributed by atoms with Crippen molar-refractivity contribution in [3.63, 3.8) is 0 Å². The molecular formula is C19H25NO2. The molecule has 0 saturated heterocycles. The Hall–Kier alpha value is -2.16. The van der Waals surface area contributed by atoms with Gasteiger partial charge in [0.2, 0.25) is 0 Å². The molecule has 0 bridgehead atoms. The Morgan fingerprint density at radius 3 is 2.23 bits per heavy atom. The van der Waals surface area contributed by atoms with E-state index in [1.54, 1.807) is 7.11 Å². The second kappa shape index (κ2) is 7.74. The second-order valence-corrected chi connectivity index (χ2v) is 5.70. The molecule has 0 spiro atoms. The number of anilines is 1. The quantitative estimate of drug-likeness (QED) is 0.804. The third kappa shape index (κ3) is 4.17. The van der Waals surface area contributed by atoms with Crippen molar-refractivity contribution in [3.8, 4) is 11.5 Å². The largest absolute Gasteiger partial charge is 0.493 e. The average Bonchev–Trinajstić information content (AvgIpc) is 2.53. The summed E-state index contributed by atoms with van der Waals surface area (Å²) < 4.78 is 11.3. The van der Waals surface area contributed by atoms with Crippen LogP contribution < -0.4 is 14.8 Å². The van der Waals surface area contributed by atoms with E-state index in [-0.39, 0.29) is 6.10 Å². The van der Waals surface area contributed by atoms with Crippen LogP contribution in [0.15, 0.2) is 48.5 Å². The van der Waals surface area contributed by atoms with Gasteiger partial charge in [-0.2, -0.15) is 0 Å². The van der Waals surface area contributed by atoms with Crippen LogP contribution in [-0.2, 0) is 0 Å². The number of hydrogen-bond donors (Lipinski definition) is 1. The zero-order valence-corrected chi connectivity index (χ0v) is 13.8. The van der Waals surface area contributed by atoms with E-state index in [2.05, 4.69) is 50.4 Å². The van der Waals surface area contributed by atoms with Gasteiger partial charge in [0.1, 0.15) is 6.10 Å². The van der Waals surface area contributed by atoms with Crippen molar-refractivity contribution in [1.29, 1.82) is 0 Å². The summed E-state index contributed by atoms with van der Waals surface area (Å²) in [5.41, 5.74) is 2.50. The highest BCUT2D eigenvalue weighted by molar-refractivity contribution is 5.52. The van der Waals surface area contributed by atoms with E-state index in [1.807, 2.05) is 24.3 Å². The van der Waals surface area contributed by atoms with E-state index in [0.717, 1.165) is 18.0 Å². The molecule has 0 aliphatic rings. The van der Waals surface area contributed by atoms with Crippen LogP contribution in [0.4, 0.5) is 5.69 Å². The molecule has 0 radical (unpaired) electrons. The lowest BCUT2D eigenvalue weighted by Gasteiger charge is -2.20. The fourth-order valence-corrected chi connectivity index (χ4v) is 2.39. The molecule has 1 unspecified atom stereocenters. The number of para-hydroxylation sites is 3. The SMILES string of the molecule is COc1ccccc1OC(C)CNc1ccccc1C(C)C. The van der Waals surface area contributed by atoms with Gasteiger partial charge in [-0.25, -0.2) is 0 Å². The predicted molar refractivity (Wildman–Crippen MR) is 92.1 cm³/mol. The van der Waals surface area contributed by atoms with Gasteiger partial charge in [0, 0.05) is 5.69 Å². The van der Waals surface area contributed by atoms with Gasteiger partial charge in [-0.05, 0) is 36.6 Å². The molecule has 3 heteroatoms. The van der Waals surface area contributed by atoms with Crippen LogP contribution in [0.2, 0.25) is 0 Å². The Morgan fingerprint density at radius 1 is 0.909 bits per heavy atom. The van der Waals surface area contributed by atoms with Crippen LogP contribution in [0.5, 0.6) is 11.5 Å². The van der Waals surface area contributed by atoms with Gasteiger partial charge >= 0.3 is 0 Å². The smallest absolute Gasteiger partial charge is 0.161 e. The van der Waals surface area contributed by atoms with Crippen LogP contribution in [0.1, 0.15) is 32.3 Å². The molecule has 0 aromatic heterocycles. The van der Waals surface area contributed by atoms with Gasteiger partial charge in [-0.3, -0.25) is 0 Å². The number of methoxy groups -OCH3 is 1. The first-order valence-corrected chi connectivity index (χ1v) is 7.74. The summed E-state index contributed by atoms with van der Waals surface area (Å²) in [6.07, 6.45) is 0.0384. The molecule has 3 nitrogen and oxygen atoms in total. The molecule has 2 aromatic rings. The summed E-state index contributed by atoms with van der Waals surface area (Å²) in [6, 6.07) is 16.1. The van der Waals surface area contributed by atoms with E-state index in [1.165, 1.54) is 11.3 Å². The van der Waals surface area contributed by atoms with Crippen LogP contribution in [0.25, 0.3) is 0 Å². The lowest BCUT2D eigenvalue weighted by Crippen LogP contribution is -2.23. The van der Waals surface area contributed by atoms with Crippen molar-refractivity contribution in [2.24, 2.45) is 0 Å². The van der Waals surface area contributed by atoms with Crippen LogP contribution in [-0.4, -0.2) is 19.8 Å². The molecule has 0 fully saturated rings. The third-order valence-electron chi connectivity index (χ3n) is 3.56. The zero-order chi connectivity index (χ0) is 15.9. The highest BCUT2D eigenvalue weighted by Gasteiger charge is 2.10. The van der Waals surface area contributed by atoms with Crippen molar-refractivity contribution in [1.82, 2.24) is 0 Å². The fraction of sp³-hybridized carbons (Fsp3) is 0.368. The van der Waals surface area contributed by atoms with Crippen LogP contribution in [0, 0.1) is 0 Å². The van der Waals surface area contributed by atoms with Gasteiger partial charge < -0.3 is 14.8 Å². The van der Waals surface area contributed by atoms with E-state index in [4.69, 9.17) is 9.47 Å². The summed E-state index contributed by atoms with van der Waals surface area (Å²) >= 11 is 0. The number of benzene rings is 2. The minimum atomic E-state index is 0.0384. The summed E-state index contributed by atoms with van der Waals surface area (Å²) in [6.45, 7) is 7.20. The topological polar surface area (TPSA) is 30.5 Å². The van der Waals surface area contributed by atoms with Gasteiger partial charge in [-0.15, -0.1) is 0 Å². The Labute approximate surface area is 133 Å². The van der Waals surface area contributed by atoms with Crippen molar-refractivity contribution in [2.45, 2.75) is 32.8 Å². The van der Waals surface area contributed by atoms with Gasteiger partial charge in [-0.1, -0.05) is 44.2 Å². The minimum absolute atomic E-state index is 0.0384. The van der Waals surface area contributed by atoms with Gasteiger partial charge in [0.05, 0.1) is 13.7 Å². The number of ether oxygens (including phenoxy) is 2. The average molecular weight is 299 g/mol. The van der Waals surface area contributed by atoms with E-state index < -0.39 is 0 Å². The maximum Gasteiger partial charge on any atom is 0.161 e. The van der Waals surface area contributed by atoms with Crippen LogP contribution >= 0.6 is 0 Å². The standard InChI is InChI=1S/C19H25NO2/c1-14(2)16-9-5-6-10-17(16)20-13-15(3)22-19-12-8-7-11-18(19)21-4/h5-12,14-15,20H,13H2,1-4H3. The lowest BCUT2D eigenvalue weighted by atomic mass is 10.0. The Bertz CT molecular complexity index is 595. The molecule has 22 heavy (non-hydrogen) atoms. The van der Waals surface area contributed by atoms with Crippen LogP contribution in [0.3, 0.4) is 0 Å². The Balaban J connectivity index is 1.97. The van der Waals surface area contributed by atoms with Crippen molar-refractivity contribution in [2.75, 3.05) is 19.0 Å². The summed E-state index contributed by atoms with van der Waals surface area (Å²) in [4.78, 5) is 0. The normalized spacial score (nSPS) is 12.0. The maximum absolute atomic E-state index is 5.97. The van der Waals surface area contributed by atoms with E-state index in [0.29, 0.717) is 5.92 Å². The van der Waals surface area contributed by atoms with Crippen molar-refractivity contribution < 1.29 is 9.47 Å². The molecule has 1 atom stereocenters. The van der Waals surface area contributed by atoms with E-state index >= 15 is 0 Å². The molecule has 0 aliphatic heterocycles. The summed E-state index contributed by atoms with van der Waals surface area (Å²) in [5, 5.41) is 3.49. The number of rotatable bonds is 7. The molecule has 0 amide bonds. The third-order valence-corrected chi connectivity index (χ3v) is 3.56. The maximum atomic E-state index is 5.97. The number of nitrogens with one attached hydrogen (secondary N) is 1. The highest BCUT2D eigenvalue weighted by Crippen LogP contribution is 2.27. The Kier molecular flexibility index (Phi) is 5.70. The highest BCUT2D eigenvalue weighted by atomic mass is 16.5. The predicted octanol–water partition coefficient (Wildman–Crippen LogP) is 4.70. The van der Waals surface area contributed by atoms with Crippen molar-refractivity contribution >= 4 is 5.69 Å². The molecule has 0 saturated carbocycles. The monoisotopic (exact) mass is 299 g/mol. The summed E-state index contributed by atoms with van der Waals surface area (Å²) in [7, 11) is 1.66. The van der Waals surface area contributed by atoms with Crippen molar-refractivity contribution in [3.05, 3.63) is 54.1 Å². The molecule has 2 rings (SSSR count). The molecule has 1 N–H and O–H groups in total. The zero-order valence-electron chi connectivity index (χ0n) is 13.8. The number of hydrogen-bond acceptors (Lipinski definition) is 3. The fourth-order valence-electron chi connectivity index (χ4n) is 2.39. The molecule has 0 aliphatic carbocycles.